The Morgan fingerprint density at radius 1 is 0.674 bits per heavy atom. The van der Waals surface area contributed by atoms with Crippen molar-refractivity contribution in [1.29, 1.82) is 0 Å². The van der Waals surface area contributed by atoms with E-state index in [0.29, 0.717) is 58.8 Å². The van der Waals surface area contributed by atoms with Crippen molar-refractivity contribution in [2.24, 2.45) is 5.92 Å². The molecule has 14 heteroatoms. The maximum Gasteiger partial charge on any atom is 0.317 e. The van der Waals surface area contributed by atoms with Gasteiger partial charge in [0.15, 0.2) is 5.78 Å². The Morgan fingerprint density at radius 2 is 1.09 bits per heavy atom. The predicted octanol–water partition coefficient (Wildman–Crippen LogP) is -0.0876. The van der Waals surface area contributed by atoms with E-state index in [4.69, 9.17) is 0 Å². The second-order valence-electron chi connectivity index (χ2n) is 12.5. The average molecular weight is 649 g/mol. The van der Waals surface area contributed by atoms with Gasteiger partial charge in [0.1, 0.15) is 0 Å². The summed E-state index contributed by atoms with van der Waals surface area (Å²) in [6.07, 6.45) is 0.540. The van der Waals surface area contributed by atoms with Crippen LogP contribution in [0.3, 0.4) is 0 Å². The quantitative estimate of drug-likeness (QED) is 0.161. The van der Waals surface area contributed by atoms with Crippen molar-refractivity contribution in [3.05, 3.63) is 35.4 Å². The summed E-state index contributed by atoms with van der Waals surface area (Å²) in [4.78, 5) is 67.3. The zero-order chi connectivity index (χ0) is 34.2. The van der Waals surface area contributed by atoms with Crippen LogP contribution >= 0.6 is 0 Å². The molecule has 0 unspecified atom stereocenters. The van der Waals surface area contributed by atoms with Crippen LogP contribution < -0.4 is 10.6 Å². The number of carboxylic acids is 3. The van der Waals surface area contributed by atoms with Crippen LogP contribution in [0.25, 0.3) is 0 Å². The number of amides is 1. The Balaban J connectivity index is 2.09. The van der Waals surface area contributed by atoms with Gasteiger partial charge in [-0.1, -0.05) is 52.0 Å². The Bertz CT molecular complexity index is 1130. The molecule has 1 aliphatic rings. The lowest BCUT2D eigenvalue weighted by atomic mass is 9.94. The molecule has 1 fully saturated rings. The number of carbonyl (C=O) groups is 5. The molecule has 1 aromatic rings. The van der Waals surface area contributed by atoms with Crippen LogP contribution in [0.4, 0.5) is 0 Å². The Kier molecular flexibility index (Phi) is 16.8. The summed E-state index contributed by atoms with van der Waals surface area (Å²) in [5, 5.41) is 34.5. The summed E-state index contributed by atoms with van der Waals surface area (Å²) >= 11 is 0. The number of Topliss-reactive ketones (excluding diaryl/α,β-unsaturated/α-hetero) is 1. The third-order valence-electron chi connectivity index (χ3n) is 7.74. The zero-order valence-corrected chi connectivity index (χ0v) is 27.6. The number of rotatable bonds is 16. The fourth-order valence-corrected chi connectivity index (χ4v) is 5.39. The minimum Gasteiger partial charge on any atom is -0.480 e. The molecule has 2 rings (SSSR count). The van der Waals surface area contributed by atoms with Gasteiger partial charge < -0.3 is 26.0 Å². The summed E-state index contributed by atoms with van der Waals surface area (Å²) < 4.78 is 0. The minimum absolute atomic E-state index is 0.0376. The third-order valence-corrected chi connectivity index (χ3v) is 7.74. The van der Waals surface area contributed by atoms with E-state index in [1.165, 1.54) is 0 Å². The highest BCUT2D eigenvalue weighted by Crippen LogP contribution is 2.12. The number of carboxylic acid groups (broad SMARTS) is 3. The molecule has 1 heterocycles. The van der Waals surface area contributed by atoms with Crippen LogP contribution in [-0.2, 0) is 36.9 Å². The van der Waals surface area contributed by atoms with Gasteiger partial charge in [-0.05, 0) is 17.5 Å². The summed E-state index contributed by atoms with van der Waals surface area (Å²) in [7, 11) is 0. The fourth-order valence-electron chi connectivity index (χ4n) is 5.39. The summed E-state index contributed by atoms with van der Waals surface area (Å²) in [5.74, 6) is -3.19. The van der Waals surface area contributed by atoms with Gasteiger partial charge in [-0.3, -0.25) is 43.6 Å². The van der Waals surface area contributed by atoms with Crippen LogP contribution in [0, 0.1) is 5.92 Å². The number of nitrogens with one attached hydrogen (secondary N) is 2. The van der Waals surface area contributed by atoms with Crippen molar-refractivity contribution in [3.8, 4) is 0 Å². The lowest BCUT2D eigenvalue weighted by Gasteiger charge is -2.32. The fraction of sp³-hybridized carbons (Fsp3) is 0.656. The number of aliphatic carboxylic acids is 3. The highest BCUT2D eigenvalue weighted by Gasteiger charge is 2.23. The molecule has 14 nitrogen and oxygen atoms in total. The third kappa shape index (κ3) is 15.7. The zero-order valence-electron chi connectivity index (χ0n) is 27.6. The van der Waals surface area contributed by atoms with Gasteiger partial charge in [-0.2, -0.15) is 0 Å². The Hall–Kier alpha value is -3.43. The van der Waals surface area contributed by atoms with Crippen molar-refractivity contribution in [3.63, 3.8) is 0 Å². The second-order valence-corrected chi connectivity index (χ2v) is 12.5. The van der Waals surface area contributed by atoms with Crippen LogP contribution in [0.15, 0.2) is 24.3 Å². The first-order valence-corrected chi connectivity index (χ1v) is 15.9. The monoisotopic (exact) mass is 648 g/mol. The molecule has 0 radical (unpaired) electrons. The van der Waals surface area contributed by atoms with E-state index in [1.807, 2.05) is 56.9 Å². The van der Waals surface area contributed by atoms with E-state index >= 15 is 0 Å². The molecule has 1 aliphatic heterocycles. The van der Waals surface area contributed by atoms with Gasteiger partial charge in [0, 0.05) is 70.9 Å². The molecule has 46 heavy (non-hydrogen) atoms. The van der Waals surface area contributed by atoms with E-state index < -0.39 is 17.9 Å². The summed E-state index contributed by atoms with van der Waals surface area (Å²) in [6.45, 7) is 10.1. The molecule has 5 N–H and O–H groups in total. The van der Waals surface area contributed by atoms with Gasteiger partial charge >= 0.3 is 17.9 Å². The van der Waals surface area contributed by atoms with E-state index in [0.717, 1.165) is 11.1 Å². The van der Waals surface area contributed by atoms with Crippen LogP contribution in [0.5, 0.6) is 0 Å². The number of nitrogens with zero attached hydrogens (tertiary/aromatic N) is 4. The number of ketones is 1. The molecular formula is C32H52N6O8. The molecule has 0 aliphatic carbocycles. The highest BCUT2D eigenvalue weighted by molar-refractivity contribution is 5.86. The number of hydrogen-bond donors (Lipinski definition) is 5. The first-order chi connectivity index (χ1) is 21.7. The number of carbonyl (C=O) groups excluding carboxylic acids is 2. The molecule has 1 aromatic carbocycles. The molecule has 0 aromatic heterocycles. The predicted molar refractivity (Wildman–Crippen MR) is 173 cm³/mol. The smallest absolute Gasteiger partial charge is 0.317 e. The topological polar surface area (TPSA) is 183 Å². The molecular weight excluding hydrogens is 596 g/mol. The minimum atomic E-state index is -1.01. The molecule has 0 bridgehead atoms. The van der Waals surface area contributed by atoms with E-state index in [9.17, 15) is 39.3 Å². The van der Waals surface area contributed by atoms with Gasteiger partial charge in [-0.25, -0.2) is 0 Å². The van der Waals surface area contributed by atoms with E-state index in [2.05, 4.69) is 10.6 Å². The second kappa shape index (κ2) is 19.9. The lowest BCUT2D eigenvalue weighted by Crippen LogP contribution is -2.49. The Morgan fingerprint density at radius 3 is 1.48 bits per heavy atom. The van der Waals surface area contributed by atoms with Crippen LogP contribution in [0.2, 0.25) is 0 Å². The SMILES string of the molecule is CC(C)N[C@@H](Cc1cccc(CNC(=O)CN2CCN(CC(=O)O)CCN(CC(=O)O)CCN(CC(=O)O)CC2)c1)C(=O)C(C)C. The van der Waals surface area contributed by atoms with Crippen LogP contribution in [0.1, 0.15) is 38.8 Å². The molecule has 1 amide bonds. The van der Waals surface area contributed by atoms with E-state index in [-0.39, 0.29) is 62.4 Å². The molecule has 0 spiro atoms. The first kappa shape index (κ1) is 38.8. The summed E-state index contributed by atoms with van der Waals surface area (Å²) in [6, 6.07) is 7.62. The Labute approximate surface area is 271 Å². The van der Waals surface area contributed by atoms with Gasteiger partial charge in [0.25, 0.3) is 0 Å². The van der Waals surface area contributed by atoms with Crippen LogP contribution in [-0.4, -0.2) is 155 Å². The van der Waals surface area contributed by atoms with Crippen molar-refractivity contribution in [1.82, 2.24) is 30.2 Å². The maximum atomic E-state index is 13.1. The van der Waals surface area contributed by atoms with Gasteiger partial charge in [0.2, 0.25) is 5.91 Å². The molecule has 1 atom stereocenters. The standard InChI is InChI=1S/C32H52N6O8/c1-23(2)32(46)27(34-24(3)4)17-25-6-5-7-26(16-25)18-33-28(39)19-35-8-10-36(20-29(40)41)12-14-38(22-31(44)45)15-13-37(11-9-35)21-30(42)43/h5-7,16,23-24,27,34H,8-15,17-22H2,1-4H3,(H,33,39)(H,40,41)(H,42,43)(H,44,45)/t27-/m0/s1. The van der Waals surface area contributed by atoms with E-state index in [1.54, 1.807) is 14.7 Å². The highest BCUT2D eigenvalue weighted by atomic mass is 16.4. The average Bonchev–Trinajstić information content (AvgIpc) is 2.95. The molecule has 258 valence electrons. The van der Waals surface area contributed by atoms with Crippen molar-refractivity contribution < 1.29 is 39.3 Å². The molecule has 1 saturated heterocycles. The number of benzene rings is 1. The summed E-state index contributed by atoms with van der Waals surface area (Å²) in [5.41, 5.74) is 1.88. The maximum absolute atomic E-state index is 13.1. The first-order valence-electron chi connectivity index (χ1n) is 15.9. The largest absolute Gasteiger partial charge is 0.480 e. The van der Waals surface area contributed by atoms with Crippen molar-refractivity contribution in [2.45, 2.75) is 52.7 Å². The molecule has 0 saturated carbocycles. The normalized spacial score (nSPS) is 17.3. The number of hydrogen-bond acceptors (Lipinski definition) is 10. The lowest BCUT2D eigenvalue weighted by molar-refractivity contribution is -0.140. The van der Waals surface area contributed by atoms with Crippen molar-refractivity contribution in [2.75, 3.05) is 78.5 Å². The van der Waals surface area contributed by atoms with Gasteiger partial charge in [-0.15, -0.1) is 0 Å². The van der Waals surface area contributed by atoms with Gasteiger partial charge in [0.05, 0.1) is 32.2 Å². The van der Waals surface area contributed by atoms with Crippen molar-refractivity contribution >= 4 is 29.6 Å².